The molecule has 26 heavy (non-hydrogen) atoms. The number of piperidine rings is 1. The van der Waals surface area contributed by atoms with Crippen molar-refractivity contribution in [2.75, 3.05) is 7.05 Å². The maximum Gasteiger partial charge on any atom is 0.339 e. The fraction of sp³-hybridized carbons (Fsp3) is 0.545. The largest absolute Gasteiger partial charge is 0.459 e. The molecule has 2 saturated heterocycles. The van der Waals surface area contributed by atoms with Crippen LogP contribution in [-0.4, -0.2) is 41.1 Å². The van der Waals surface area contributed by atoms with E-state index in [1.807, 2.05) is 30.3 Å². The Hall–Kier alpha value is -1.94. The quantitative estimate of drug-likeness (QED) is 0.773. The van der Waals surface area contributed by atoms with Crippen LogP contribution in [0.3, 0.4) is 0 Å². The Morgan fingerprint density at radius 2 is 1.92 bits per heavy atom. The lowest BCUT2D eigenvalue weighted by atomic mass is 10.00. The van der Waals surface area contributed by atoms with Gasteiger partial charge in [0.25, 0.3) is 0 Å². The highest BCUT2D eigenvalue weighted by atomic mass is 16.5. The number of fused-ring (bicyclic) bond motifs is 3. The van der Waals surface area contributed by atoms with Crippen molar-refractivity contribution in [3.63, 3.8) is 0 Å². The topological polar surface area (TPSA) is 42.4 Å². The minimum atomic E-state index is -0.192. The van der Waals surface area contributed by atoms with E-state index >= 15 is 0 Å². The van der Waals surface area contributed by atoms with Gasteiger partial charge in [0.05, 0.1) is 11.1 Å². The number of ether oxygens (including phenoxy) is 1. The first kappa shape index (κ1) is 17.5. The van der Waals surface area contributed by atoms with Crippen LogP contribution < -0.4 is 0 Å². The van der Waals surface area contributed by atoms with E-state index < -0.39 is 0 Å². The summed E-state index contributed by atoms with van der Waals surface area (Å²) in [7, 11) is 2.20. The molecule has 2 aliphatic heterocycles. The normalized spacial score (nSPS) is 25.8. The predicted octanol–water partition coefficient (Wildman–Crippen LogP) is 4.22. The third-order valence-electron chi connectivity index (χ3n) is 5.94. The Labute approximate surface area is 155 Å². The van der Waals surface area contributed by atoms with Crippen molar-refractivity contribution in [3.8, 4) is 0 Å². The highest BCUT2D eigenvalue weighted by molar-refractivity contribution is 6.03. The van der Waals surface area contributed by atoms with Crippen LogP contribution in [0.15, 0.2) is 30.3 Å². The molecule has 3 atom stereocenters. The van der Waals surface area contributed by atoms with Crippen LogP contribution in [0.5, 0.6) is 0 Å². The molecule has 0 radical (unpaired) electrons. The number of rotatable bonds is 4. The molecule has 2 aromatic rings. The monoisotopic (exact) mass is 352 g/mol. The van der Waals surface area contributed by atoms with Gasteiger partial charge in [-0.25, -0.2) is 4.79 Å². The van der Waals surface area contributed by atoms with E-state index in [-0.39, 0.29) is 12.1 Å². The van der Waals surface area contributed by atoms with Crippen LogP contribution in [0.4, 0.5) is 0 Å². The number of aromatic nitrogens is 1. The average Bonchev–Trinajstić information content (AvgIpc) is 2.81. The van der Waals surface area contributed by atoms with Gasteiger partial charge in [-0.2, -0.15) is 0 Å². The number of carbonyl (C=O) groups is 1. The summed E-state index contributed by atoms with van der Waals surface area (Å²) in [6, 6.07) is 10.9. The van der Waals surface area contributed by atoms with Gasteiger partial charge in [0, 0.05) is 36.0 Å². The molecule has 2 aliphatic rings. The fourth-order valence-electron chi connectivity index (χ4n) is 4.59. The van der Waals surface area contributed by atoms with Gasteiger partial charge in [-0.1, -0.05) is 32.0 Å². The van der Waals surface area contributed by atoms with Gasteiger partial charge in [-0.05, 0) is 44.4 Å². The second kappa shape index (κ2) is 6.99. The number of nitrogens with zero attached hydrogens (tertiary/aromatic N) is 2. The van der Waals surface area contributed by atoms with E-state index in [1.54, 1.807) is 0 Å². The summed E-state index contributed by atoms with van der Waals surface area (Å²) in [5.41, 5.74) is 2.51. The van der Waals surface area contributed by atoms with Crippen molar-refractivity contribution in [3.05, 3.63) is 41.6 Å². The molecule has 2 bridgehead atoms. The number of esters is 1. The van der Waals surface area contributed by atoms with Crippen molar-refractivity contribution < 1.29 is 9.53 Å². The molecule has 1 unspecified atom stereocenters. The summed E-state index contributed by atoms with van der Waals surface area (Å²) in [4.78, 5) is 20.2. The summed E-state index contributed by atoms with van der Waals surface area (Å²) in [6.45, 7) is 4.34. The molecule has 4 heteroatoms. The average molecular weight is 352 g/mol. The SMILES string of the molecule is CC(C)Cc1cc(C(=O)OC2C[C@H]3CC[C@@H](C2)N3C)c2ccccc2n1. The Morgan fingerprint density at radius 1 is 1.23 bits per heavy atom. The highest BCUT2D eigenvalue weighted by Gasteiger charge is 2.40. The summed E-state index contributed by atoms with van der Waals surface area (Å²) in [6.07, 6.45) is 5.28. The second-order valence-corrected chi connectivity index (χ2v) is 8.33. The highest BCUT2D eigenvalue weighted by Crippen LogP contribution is 2.36. The molecule has 0 saturated carbocycles. The van der Waals surface area contributed by atoms with Gasteiger partial charge in [-0.15, -0.1) is 0 Å². The van der Waals surface area contributed by atoms with Gasteiger partial charge >= 0.3 is 5.97 Å². The van der Waals surface area contributed by atoms with E-state index in [9.17, 15) is 4.79 Å². The molecule has 1 aromatic carbocycles. The van der Waals surface area contributed by atoms with Crippen molar-refractivity contribution in [2.24, 2.45) is 5.92 Å². The molecule has 0 amide bonds. The van der Waals surface area contributed by atoms with Crippen molar-refractivity contribution in [2.45, 2.75) is 64.1 Å². The van der Waals surface area contributed by atoms with Crippen LogP contribution in [-0.2, 0) is 11.2 Å². The van der Waals surface area contributed by atoms with Crippen LogP contribution in [0.25, 0.3) is 10.9 Å². The lowest BCUT2D eigenvalue weighted by Gasteiger charge is -2.35. The third-order valence-corrected chi connectivity index (χ3v) is 5.94. The first-order chi connectivity index (χ1) is 12.5. The van der Waals surface area contributed by atoms with Gasteiger partial charge < -0.3 is 9.64 Å². The molecule has 0 N–H and O–H groups in total. The van der Waals surface area contributed by atoms with E-state index in [0.29, 0.717) is 23.6 Å². The smallest absolute Gasteiger partial charge is 0.339 e. The van der Waals surface area contributed by atoms with Crippen molar-refractivity contribution in [1.29, 1.82) is 0 Å². The number of hydrogen-bond donors (Lipinski definition) is 0. The Morgan fingerprint density at radius 3 is 2.62 bits per heavy atom. The third kappa shape index (κ3) is 3.35. The summed E-state index contributed by atoms with van der Waals surface area (Å²) in [5, 5.41) is 0.890. The number of hydrogen-bond acceptors (Lipinski definition) is 4. The maximum atomic E-state index is 13.0. The molecule has 4 rings (SSSR count). The van der Waals surface area contributed by atoms with Gasteiger partial charge in [0.2, 0.25) is 0 Å². The molecular formula is C22H28N2O2. The standard InChI is InChI=1S/C22H28N2O2/c1-14(2)10-15-11-20(19-6-4-5-7-21(19)23-15)22(25)26-18-12-16-8-9-17(13-18)24(16)3/h4-7,11,14,16-18H,8-10,12-13H2,1-3H3/t16-,17+,18?. The van der Waals surface area contributed by atoms with Crippen molar-refractivity contribution >= 4 is 16.9 Å². The Kier molecular flexibility index (Phi) is 4.70. The van der Waals surface area contributed by atoms with Gasteiger partial charge in [0.15, 0.2) is 0 Å². The molecule has 0 aliphatic carbocycles. The maximum absolute atomic E-state index is 13.0. The molecule has 0 spiro atoms. The van der Waals surface area contributed by atoms with Crippen LogP contribution in [0.1, 0.15) is 55.6 Å². The Bertz CT molecular complexity index is 803. The molecular weight excluding hydrogens is 324 g/mol. The summed E-state index contributed by atoms with van der Waals surface area (Å²) >= 11 is 0. The number of carbonyl (C=O) groups excluding carboxylic acids is 1. The first-order valence-electron chi connectivity index (χ1n) is 9.83. The number of benzene rings is 1. The number of para-hydroxylation sites is 1. The van der Waals surface area contributed by atoms with Crippen LogP contribution in [0, 0.1) is 5.92 Å². The number of pyridine rings is 1. The minimum Gasteiger partial charge on any atom is -0.459 e. The van der Waals surface area contributed by atoms with Gasteiger partial charge in [-0.3, -0.25) is 4.98 Å². The molecule has 3 heterocycles. The molecule has 2 fully saturated rings. The Balaban J connectivity index is 1.59. The van der Waals surface area contributed by atoms with E-state index in [2.05, 4.69) is 25.8 Å². The lowest BCUT2D eigenvalue weighted by molar-refractivity contribution is -0.000283. The lowest BCUT2D eigenvalue weighted by Crippen LogP contribution is -2.43. The molecule has 138 valence electrons. The summed E-state index contributed by atoms with van der Waals surface area (Å²) < 4.78 is 5.98. The van der Waals surface area contributed by atoms with E-state index in [1.165, 1.54) is 12.8 Å². The summed E-state index contributed by atoms with van der Waals surface area (Å²) in [5.74, 6) is 0.305. The molecule has 4 nitrogen and oxygen atoms in total. The first-order valence-corrected chi connectivity index (χ1v) is 9.83. The van der Waals surface area contributed by atoms with Crippen LogP contribution in [0.2, 0.25) is 0 Å². The molecule has 1 aromatic heterocycles. The minimum absolute atomic E-state index is 0.0386. The van der Waals surface area contributed by atoms with Crippen molar-refractivity contribution in [1.82, 2.24) is 9.88 Å². The second-order valence-electron chi connectivity index (χ2n) is 8.33. The van der Waals surface area contributed by atoms with Crippen LogP contribution >= 0.6 is 0 Å². The zero-order chi connectivity index (χ0) is 18.3. The zero-order valence-electron chi connectivity index (χ0n) is 15.9. The fourth-order valence-corrected chi connectivity index (χ4v) is 4.59. The van der Waals surface area contributed by atoms with E-state index in [0.717, 1.165) is 35.9 Å². The van der Waals surface area contributed by atoms with E-state index in [4.69, 9.17) is 9.72 Å². The zero-order valence-corrected chi connectivity index (χ0v) is 15.9. The van der Waals surface area contributed by atoms with Gasteiger partial charge in [0.1, 0.15) is 6.10 Å². The predicted molar refractivity (Wildman–Crippen MR) is 103 cm³/mol.